The summed E-state index contributed by atoms with van der Waals surface area (Å²) in [5.74, 6) is 3.95. The summed E-state index contributed by atoms with van der Waals surface area (Å²) in [6.45, 7) is 0. The van der Waals surface area contributed by atoms with Gasteiger partial charge in [0.25, 0.3) is 0 Å². The van der Waals surface area contributed by atoms with Crippen LogP contribution in [0.5, 0.6) is 0 Å². The van der Waals surface area contributed by atoms with E-state index in [1.165, 1.54) is 32.1 Å². The molecule has 0 heterocycles. The first-order valence-corrected chi connectivity index (χ1v) is 5.89. The number of hydrogen-bond acceptors (Lipinski definition) is 1. The van der Waals surface area contributed by atoms with Gasteiger partial charge in [-0.05, 0) is 49.9 Å². The highest BCUT2D eigenvalue weighted by atomic mass is 16.1. The summed E-state index contributed by atoms with van der Waals surface area (Å²) >= 11 is 0. The van der Waals surface area contributed by atoms with Gasteiger partial charge < -0.3 is 0 Å². The van der Waals surface area contributed by atoms with Crippen molar-refractivity contribution in [1.82, 2.24) is 0 Å². The predicted molar refractivity (Wildman–Crippen MR) is 51.3 cm³/mol. The maximum absolute atomic E-state index is 11.7. The van der Waals surface area contributed by atoms with Crippen LogP contribution in [0, 0.1) is 23.7 Å². The van der Waals surface area contributed by atoms with Crippen LogP contribution in [0.4, 0.5) is 0 Å². The van der Waals surface area contributed by atoms with Crippen molar-refractivity contribution in [2.75, 3.05) is 0 Å². The van der Waals surface area contributed by atoms with Crippen molar-refractivity contribution in [1.29, 1.82) is 0 Å². The smallest absolute Gasteiger partial charge is 0.136 e. The molecule has 0 N–H and O–H groups in total. The molecule has 3 aliphatic carbocycles. The van der Waals surface area contributed by atoms with Gasteiger partial charge in [-0.15, -0.1) is 0 Å². The zero-order valence-corrected chi connectivity index (χ0v) is 8.17. The van der Waals surface area contributed by atoms with Crippen LogP contribution in [0.2, 0.25) is 0 Å². The zero-order valence-electron chi connectivity index (χ0n) is 8.17. The van der Waals surface area contributed by atoms with E-state index in [1.54, 1.807) is 0 Å². The van der Waals surface area contributed by atoms with Crippen LogP contribution in [0.25, 0.3) is 0 Å². The van der Waals surface area contributed by atoms with Gasteiger partial charge in [-0.3, -0.25) is 4.79 Å². The summed E-state index contributed by atoms with van der Waals surface area (Å²) in [6, 6.07) is 0. The Labute approximate surface area is 79.9 Å². The third kappa shape index (κ3) is 1.43. The molecule has 0 saturated heterocycles. The quantitative estimate of drug-likeness (QED) is 0.635. The molecule has 72 valence electrons. The standard InChI is InChI=1S/C12H18O/c13-12-4-2-1-3-9(12)11-7-10(11)8-5-6-8/h8-11H,1-7H2. The molecule has 0 aromatic rings. The van der Waals surface area contributed by atoms with Crippen molar-refractivity contribution in [3.05, 3.63) is 0 Å². The van der Waals surface area contributed by atoms with Gasteiger partial charge in [0.2, 0.25) is 0 Å². The zero-order chi connectivity index (χ0) is 8.84. The minimum Gasteiger partial charge on any atom is -0.299 e. The molecule has 0 radical (unpaired) electrons. The first-order chi connectivity index (χ1) is 6.36. The Balaban J connectivity index is 1.61. The Hall–Kier alpha value is -0.330. The second kappa shape index (κ2) is 2.83. The maximum Gasteiger partial charge on any atom is 0.136 e. The molecule has 0 bridgehead atoms. The van der Waals surface area contributed by atoms with E-state index in [9.17, 15) is 4.79 Å². The third-order valence-electron chi connectivity index (χ3n) is 4.24. The SMILES string of the molecule is O=C1CCCCC1C1CC1C1CC1. The number of carbonyl (C=O) groups is 1. The highest BCUT2D eigenvalue weighted by Crippen LogP contribution is 2.58. The molecule has 1 heteroatoms. The fourth-order valence-corrected chi connectivity index (χ4v) is 3.23. The van der Waals surface area contributed by atoms with E-state index in [2.05, 4.69) is 0 Å². The fourth-order valence-electron chi connectivity index (χ4n) is 3.23. The van der Waals surface area contributed by atoms with E-state index in [4.69, 9.17) is 0 Å². The van der Waals surface area contributed by atoms with E-state index >= 15 is 0 Å². The average Bonchev–Trinajstić information content (AvgIpc) is 3.00. The summed E-state index contributed by atoms with van der Waals surface area (Å²) in [5.41, 5.74) is 0. The average molecular weight is 178 g/mol. The van der Waals surface area contributed by atoms with Gasteiger partial charge >= 0.3 is 0 Å². The molecule has 0 aliphatic heterocycles. The van der Waals surface area contributed by atoms with Crippen LogP contribution in [-0.4, -0.2) is 5.78 Å². The fraction of sp³-hybridized carbons (Fsp3) is 0.917. The van der Waals surface area contributed by atoms with E-state index in [0.717, 1.165) is 30.6 Å². The molecule has 3 rings (SSSR count). The van der Waals surface area contributed by atoms with Gasteiger partial charge in [-0.1, -0.05) is 6.42 Å². The molecule has 3 unspecified atom stereocenters. The van der Waals surface area contributed by atoms with Gasteiger partial charge in [0.05, 0.1) is 0 Å². The maximum atomic E-state index is 11.7. The van der Waals surface area contributed by atoms with Crippen LogP contribution >= 0.6 is 0 Å². The van der Waals surface area contributed by atoms with Gasteiger partial charge in [0.15, 0.2) is 0 Å². The Morgan fingerprint density at radius 3 is 2.54 bits per heavy atom. The van der Waals surface area contributed by atoms with E-state index in [-0.39, 0.29) is 0 Å². The highest BCUT2D eigenvalue weighted by molar-refractivity contribution is 5.82. The number of ketones is 1. The topological polar surface area (TPSA) is 17.1 Å². The largest absolute Gasteiger partial charge is 0.299 e. The van der Waals surface area contributed by atoms with E-state index in [1.807, 2.05) is 0 Å². The lowest BCUT2D eigenvalue weighted by atomic mass is 9.83. The first kappa shape index (κ1) is 8.02. The van der Waals surface area contributed by atoms with Crippen molar-refractivity contribution >= 4 is 5.78 Å². The Kier molecular flexibility index (Phi) is 1.75. The molecule has 13 heavy (non-hydrogen) atoms. The minimum absolute atomic E-state index is 0.499. The second-order valence-electron chi connectivity index (χ2n) is 5.22. The molecule has 3 aliphatic rings. The summed E-state index contributed by atoms with van der Waals surface area (Å²) in [4.78, 5) is 11.7. The number of Topliss-reactive ketones (excluding diaryl/α,β-unsaturated/α-hetero) is 1. The Bertz CT molecular complexity index is 229. The highest BCUT2D eigenvalue weighted by Gasteiger charge is 2.52. The molecular weight excluding hydrogens is 160 g/mol. The van der Waals surface area contributed by atoms with Crippen LogP contribution < -0.4 is 0 Å². The summed E-state index contributed by atoms with van der Waals surface area (Å²) in [6.07, 6.45) is 8.89. The molecule has 3 atom stereocenters. The van der Waals surface area contributed by atoms with Crippen LogP contribution in [0.15, 0.2) is 0 Å². The van der Waals surface area contributed by atoms with Crippen molar-refractivity contribution in [2.24, 2.45) is 23.7 Å². The van der Waals surface area contributed by atoms with Crippen LogP contribution in [0.1, 0.15) is 44.9 Å². The lowest BCUT2D eigenvalue weighted by Crippen LogP contribution is -2.21. The van der Waals surface area contributed by atoms with Gasteiger partial charge in [0.1, 0.15) is 5.78 Å². The first-order valence-electron chi connectivity index (χ1n) is 5.89. The minimum atomic E-state index is 0.499. The normalized spacial score (nSPS) is 44.9. The van der Waals surface area contributed by atoms with E-state index in [0.29, 0.717) is 11.7 Å². The summed E-state index contributed by atoms with van der Waals surface area (Å²) < 4.78 is 0. The van der Waals surface area contributed by atoms with Crippen molar-refractivity contribution in [3.63, 3.8) is 0 Å². The van der Waals surface area contributed by atoms with Crippen LogP contribution in [-0.2, 0) is 4.79 Å². The van der Waals surface area contributed by atoms with Gasteiger partial charge in [-0.25, -0.2) is 0 Å². The van der Waals surface area contributed by atoms with Gasteiger partial charge in [0, 0.05) is 12.3 Å². The van der Waals surface area contributed by atoms with Crippen molar-refractivity contribution < 1.29 is 4.79 Å². The molecule has 0 aromatic carbocycles. The molecular formula is C12H18O. The molecule has 1 nitrogen and oxygen atoms in total. The second-order valence-corrected chi connectivity index (χ2v) is 5.22. The number of hydrogen-bond donors (Lipinski definition) is 0. The molecule has 0 spiro atoms. The van der Waals surface area contributed by atoms with Crippen molar-refractivity contribution in [3.8, 4) is 0 Å². The molecule has 3 fully saturated rings. The predicted octanol–water partition coefficient (Wildman–Crippen LogP) is 2.79. The Morgan fingerprint density at radius 2 is 1.85 bits per heavy atom. The summed E-state index contributed by atoms with van der Waals surface area (Å²) in [5, 5.41) is 0. The Morgan fingerprint density at radius 1 is 1.00 bits per heavy atom. The van der Waals surface area contributed by atoms with E-state index < -0.39 is 0 Å². The van der Waals surface area contributed by atoms with Gasteiger partial charge in [-0.2, -0.15) is 0 Å². The molecule has 0 amide bonds. The molecule has 0 aromatic heterocycles. The molecule has 3 saturated carbocycles. The number of carbonyl (C=O) groups excluding carboxylic acids is 1. The lowest BCUT2D eigenvalue weighted by molar-refractivity contribution is -0.125. The summed E-state index contributed by atoms with van der Waals surface area (Å²) in [7, 11) is 0. The van der Waals surface area contributed by atoms with Crippen molar-refractivity contribution in [2.45, 2.75) is 44.9 Å². The lowest BCUT2D eigenvalue weighted by Gasteiger charge is -2.20. The monoisotopic (exact) mass is 178 g/mol. The van der Waals surface area contributed by atoms with Crippen LogP contribution in [0.3, 0.4) is 0 Å². The number of rotatable bonds is 2. The third-order valence-corrected chi connectivity index (χ3v) is 4.24.